The van der Waals surface area contributed by atoms with Gasteiger partial charge in [-0.3, -0.25) is 4.79 Å². The molecule has 0 atom stereocenters. The molecule has 0 aliphatic heterocycles. The van der Waals surface area contributed by atoms with Crippen LogP contribution in [0, 0.1) is 0 Å². The van der Waals surface area contributed by atoms with Gasteiger partial charge in [0.05, 0.1) is 6.61 Å². The van der Waals surface area contributed by atoms with Crippen molar-refractivity contribution in [3.63, 3.8) is 0 Å². The van der Waals surface area contributed by atoms with Crippen LogP contribution in [0.5, 0.6) is 11.5 Å². The standard InChI is InChI=1S/C18H16O3/c1-2-21-16-7-3-12(4-8-16)9-14-10-13-5-6-15(19)11-17(13)18(14)20/h3-9,11,19H,2,10H2,1H3/b14-9+. The second kappa shape index (κ2) is 5.44. The topological polar surface area (TPSA) is 46.5 Å². The number of carbonyl (C=O) groups is 1. The number of ether oxygens (including phenoxy) is 1. The third-order valence-corrected chi connectivity index (χ3v) is 3.54. The molecule has 1 N–H and O–H groups in total. The molecular weight excluding hydrogens is 264 g/mol. The smallest absolute Gasteiger partial charge is 0.189 e. The minimum Gasteiger partial charge on any atom is -0.508 e. The van der Waals surface area contributed by atoms with Crippen molar-refractivity contribution in [2.75, 3.05) is 6.61 Å². The quantitative estimate of drug-likeness (QED) is 0.874. The first-order valence-electron chi connectivity index (χ1n) is 6.97. The normalized spacial score (nSPS) is 15.3. The molecule has 21 heavy (non-hydrogen) atoms. The highest BCUT2D eigenvalue weighted by Gasteiger charge is 2.24. The van der Waals surface area contributed by atoms with Crippen LogP contribution in [0.4, 0.5) is 0 Å². The van der Waals surface area contributed by atoms with E-state index in [4.69, 9.17) is 4.74 Å². The minimum atomic E-state index is -0.00483. The molecule has 0 spiro atoms. The van der Waals surface area contributed by atoms with Crippen molar-refractivity contribution in [2.24, 2.45) is 0 Å². The van der Waals surface area contributed by atoms with Gasteiger partial charge < -0.3 is 9.84 Å². The molecule has 0 saturated heterocycles. The number of carbonyl (C=O) groups excluding carboxylic acids is 1. The molecule has 0 aromatic heterocycles. The molecule has 1 aliphatic rings. The SMILES string of the molecule is CCOc1ccc(/C=C2\Cc3ccc(O)cc3C2=O)cc1. The van der Waals surface area contributed by atoms with Crippen molar-refractivity contribution in [2.45, 2.75) is 13.3 Å². The fourth-order valence-corrected chi connectivity index (χ4v) is 2.53. The van der Waals surface area contributed by atoms with E-state index in [1.807, 2.05) is 43.3 Å². The summed E-state index contributed by atoms with van der Waals surface area (Å²) in [4.78, 5) is 12.3. The van der Waals surface area contributed by atoms with Crippen molar-refractivity contribution < 1.29 is 14.6 Å². The van der Waals surface area contributed by atoms with Crippen LogP contribution in [0.25, 0.3) is 6.08 Å². The van der Waals surface area contributed by atoms with Gasteiger partial charge in [-0.25, -0.2) is 0 Å². The molecule has 106 valence electrons. The summed E-state index contributed by atoms with van der Waals surface area (Å²) in [6.45, 7) is 2.58. The first kappa shape index (κ1) is 13.4. The predicted octanol–water partition coefficient (Wildman–Crippen LogP) is 3.61. The summed E-state index contributed by atoms with van der Waals surface area (Å²) in [6, 6.07) is 12.6. The molecule has 0 fully saturated rings. The van der Waals surface area contributed by atoms with E-state index in [-0.39, 0.29) is 11.5 Å². The van der Waals surface area contributed by atoms with Crippen LogP contribution in [-0.4, -0.2) is 17.5 Å². The second-order valence-corrected chi connectivity index (χ2v) is 5.02. The van der Waals surface area contributed by atoms with Gasteiger partial charge in [0.25, 0.3) is 0 Å². The summed E-state index contributed by atoms with van der Waals surface area (Å²) in [5.41, 5.74) is 3.29. The Balaban J connectivity index is 1.87. The van der Waals surface area contributed by atoms with E-state index in [0.717, 1.165) is 22.4 Å². The Hall–Kier alpha value is -2.55. The number of fused-ring (bicyclic) bond motifs is 1. The van der Waals surface area contributed by atoms with Gasteiger partial charge in [-0.2, -0.15) is 0 Å². The average Bonchev–Trinajstić information content (AvgIpc) is 2.78. The number of Topliss-reactive ketones (excluding diaryl/α,β-unsaturated/α-hetero) is 1. The summed E-state index contributed by atoms with van der Waals surface area (Å²) < 4.78 is 5.40. The number of ketones is 1. The van der Waals surface area contributed by atoms with Crippen LogP contribution < -0.4 is 4.74 Å². The number of phenolic OH excluding ortho intramolecular Hbond substituents is 1. The zero-order valence-electron chi connectivity index (χ0n) is 11.8. The summed E-state index contributed by atoms with van der Waals surface area (Å²) >= 11 is 0. The highest BCUT2D eigenvalue weighted by molar-refractivity contribution is 6.15. The summed E-state index contributed by atoms with van der Waals surface area (Å²) in [6.07, 6.45) is 2.51. The maximum Gasteiger partial charge on any atom is 0.189 e. The molecule has 1 aliphatic carbocycles. The first-order valence-corrected chi connectivity index (χ1v) is 6.97. The molecule has 3 rings (SSSR count). The summed E-state index contributed by atoms with van der Waals surface area (Å²) in [5, 5.41) is 9.49. The maximum atomic E-state index is 12.3. The number of hydrogen-bond donors (Lipinski definition) is 1. The number of hydrogen-bond acceptors (Lipinski definition) is 3. The molecule has 2 aromatic carbocycles. The molecule has 0 amide bonds. The molecule has 0 heterocycles. The average molecular weight is 280 g/mol. The van der Waals surface area contributed by atoms with Crippen molar-refractivity contribution in [3.8, 4) is 11.5 Å². The third kappa shape index (κ3) is 2.68. The Kier molecular flexibility index (Phi) is 3.48. The second-order valence-electron chi connectivity index (χ2n) is 5.02. The van der Waals surface area contributed by atoms with E-state index in [9.17, 15) is 9.90 Å². The number of rotatable bonds is 3. The molecule has 0 saturated carbocycles. The highest BCUT2D eigenvalue weighted by Crippen LogP contribution is 2.30. The van der Waals surface area contributed by atoms with Gasteiger partial charge in [0.15, 0.2) is 5.78 Å². The van der Waals surface area contributed by atoms with E-state index < -0.39 is 0 Å². The van der Waals surface area contributed by atoms with Crippen LogP contribution in [-0.2, 0) is 6.42 Å². The van der Waals surface area contributed by atoms with Gasteiger partial charge in [0.1, 0.15) is 11.5 Å². The number of allylic oxidation sites excluding steroid dienone is 1. The fraction of sp³-hybridized carbons (Fsp3) is 0.167. The Morgan fingerprint density at radius 1 is 1.19 bits per heavy atom. The van der Waals surface area contributed by atoms with Crippen LogP contribution >= 0.6 is 0 Å². The molecule has 2 aromatic rings. The van der Waals surface area contributed by atoms with E-state index in [0.29, 0.717) is 18.6 Å². The van der Waals surface area contributed by atoms with Crippen LogP contribution in [0.3, 0.4) is 0 Å². The molecule has 3 nitrogen and oxygen atoms in total. The zero-order valence-corrected chi connectivity index (χ0v) is 11.8. The van der Waals surface area contributed by atoms with Gasteiger partial charge in [-0.05, 0) is 48.4 Å². The van der Waals surface area contributed by atoms with E-state index in [1.54, 1.807) is 6.07 Å². The van der Waals surface area contributed by atoms with Gasteiger partial charge in [0.2, 0.25) is 0 Å². The summed E-state index contributed by atoms with van der Waals surface area (Å²) in [5.74, 6) is 0.949. The lowest BCUT2D eigenvalue weighted by atomic mass is 10.1. The van der Waals surface area contributed by atoms with Crippen molar-refractivity contribution in [1.82, 2.24) is 0 Å². The van der Waals surface area contributed by atoms with Crippen LogP contribution in [0.1, 0.15) is 28.4 Å². The van der Waals surface area contributed by atoms with Crippen molar-refractivity contribution in [1.29, 1.82) is 0 Å². The summed E-state index contributed by atoms with van der Waals surface area (Å²) in [7, 11) is 0. The largest absolute Gasteiger partial charge is 0.508 e. The highest BCUT2D eigenvalue weighted by atomic mass is 16.5. The molecule has 0 unspecified atom stereocenters. The Morgan fingerprint density at radius 3 is 2.67 bits per heavy atom. The lowest BCUT2D eigenvalue weighted by Crippen LogP contribution is -1.95. The molecule has 0 bridgehead atoms. The predicted molar refractivity (Wildman–Crippen MR) is 81.7 cm³/mol. The fourth-order valence-electron chi connectivity index (χ4n) is 2.53. The van der Waals surface area contributed by atoms with Crippen molar-refractivity contribution in [3.05, 3.63) is 64.7 Å². The molecule has 3 heteroatoms. The Labute approximate surface area is 123 Å². The lowest BCUT2D eigenvalue weighted by molar-refractivity contribution is 0.104. The van der Waals surface area contributed by atoms with E-state index >= 15 is 0 Å². The first-order chi connectivity index (χ1) is 10.2. The number of phenols is 1. The molecular formula is C18H16O3. The number of benzene rings is 2. The Bertz CT molecular complexity index is 712. The van der Waals surface area contributed by atoms with Crippen LogP contribution in [0.15, 0.2) is 48.0 Å². The van der Waals surface area contributed by atoms with Gasteiger partial charge in [-0.15, -0.1) is 0 Å². The molecule has 0 radical (unpaired) electrons. The lowest BCUT2D eigenvalue weighted by Gasteiger charge is -2.03. The van der Waals surface area contributed by atoms with Crippen LogP contribution in [0.2, 0.25) is 0 Å². The van der Waals surface area contributed by atoms with E-state index in [2.05, 4.69) is 0 Å². The van der Waals surface area contributed by atoms with Gasteiger partial charge >= 0.3 is 0 Å². The minimum absolute atomic E-state index is 0.00483. The Morgan fingerprint density at radius 2 is 1.95 bits per heavy atom. The van der Waals surface area contributed by atoms with Gasteiger partial charge in [0, 0.05) is 17.6 Å². The zero-order chi connectivity index (χ0) is 14.8. The maximum absolute atomic E-state index is 12.3. The van der Waals surface area contributed by atoms with Gasteiger partial charge in [-0.1, -0.05) is 18.2 Å². The van der Waals surface area contributed by atoms with E-state index in [1.165, 1.54) is 6.07 Å². The van der Waals surface area contributed by atoms with Crippen molar-refractivity contribution >= 4 is 11.9 Å². The third-order valence-electron chi connectivity index (χ3n) is 3.54. The monoisotopic (exact) mass is 280 g/mol. The number of aromatic hydroxyl groups is 1.